The molecule has 1 unspecified atom stereocenters. The van der Waals surface area contributed by atoms with Gasteiger partial charge in [0.05, 0.1) is 11.7 Å². The van der Waals surface area contributed by atoms with Crippen molar-refractivity contribution in [3.8, 4) is 0 Å². The molecule has 2 heterocycles. The van der Waals surface area contributed by atoms with Gasteiger partial charge in [0.25, 0.3) is 0 Å². The highest BCUT2D eigenvalue weighted by Crippen LogP contribution is 2.43. The van der Waals surface area contributed by atoms with Crippen LogP contribution in [0.5, 0.6) is 0 Å². The highest BCUT2D eigenvalue weighted by atomic mass is 32.1. The maximum Gasteiger partial charge on any atom is 0.0708 e. The Hall–Kier alpha value is -0.380. The SMILES string of the molecule is c1cc(CCNCC2CCC3(CCCC3)O2)cs1. The molecule has 0 aromatic carbocycles. The lowest BCUT2D eigenvalue weighted by Gasteiger charge is -2.23. The van der Waals surface area contributed by atoms with E-state index in [9.17, 15) is 0 Å². The molecule has 3 heteroatoms. The van der Waals surface area contributed by atoms with Gasteiger partial charge in [-0.1, -0.05) is 12.8 Å². The Kier molecular flexibility index (Phi) is 4.02. The van der Waals surface area contributed by atoms with E-state index < -0.39 is 0 Å². The molecule has 2 nitrogen and oxygen atoms in total. The molecular formula is C15H23NOS. The molecule has 0 radical (unpaired) electrons. The van der Waals surface area contributed by atoms with Crippen molar-refractivity contribution in [1.29, 1.82) is 0 Å². The van der Waals surface area contributed by atoms with E-state index >= 15 is 0 Å². The zero-order chi connectivity index (χ0) is 12.3. The van der Waals surface area contributed by atoms with Crippen molar-refractivity contribution in [3.05, 3.63) is 22.4 Å². The van der Waals surface area contributed by atoms with Gasteiger partial charge in [-0.3, -0.25) is 0 Å². The van der Waals surface area contributed by atoms with Crippen LogP contribution in [0.25, 0.3) is 0 Å². The summed E-state index contributed by atoms with van der Waals surface area (Å²) in [6.07, 6.45) is 9.51. The summed E-state index contributed by atoms with van der Waals surface area (Å²) in [5.74, 6) is 0. The smallest absolute Gasteiger partial charge is 0.0708 e. The van der Waals surface area contributed by atoms with Crippen molar-refractivity contribution in [2.24, 2.45) is 0 Å². The Bertz CT molecular complexity index is 357. The Balaban J connectivity index is 1.34. The van der Waals surface area contributed by atoms with Crippen molar-refractivity contribution in [2.45, 2.75) is 56.7 Å². The normalized spacial score (nSPS) is 26.1. The van der Waals surface area contributed by atoms with Crippen LogP contribution in [0.2, 0.25) is 0 Å². The van der Waals surface area contributed by atoms with Gasteiger partial charge >= 0.3 is 0 Å². The van der Waals surface area contributed by atoms with Gasteiger partial charge < -0.3 is 10.1 Å². The molecule has 2 fully saturated rings. The van der Waals surface area contributed by atoms with Crippen LogP contribution in [0.15, 0.2) is 16.8 Å². The largest absolute Gasteiger partial charge is 0.370 e. The fourth-order valence-corrected chi connectivity index (χ4v) is 4.06. The topological polar surface area (TPSA) is 21.3 Å². The van der Waals surface area contributed by atoms with E-state index in [-0.39, 0.29) is 0 Å². The van der Waals surface area contributed by atoms with Crippen molar-refractivity contribution in [1.82, 2.24) is 5.32 Å². The van der Waals surface area contributed by atoms with E-state index in [1.165, 1.54) is 44.1 Å². The van der Waals surface area contributed by atoms with Crippen molar-refractivity contribution < 1.29 is 4.74 Å². The van der Waals surface area contributed by atoms with Gasteiger partial charge in [0.2, 0.25) is 0 Å². The number of thiophene rings is 1. The average molecular weight is 265 g/mol. The first-order valence-electron chi connectivity index (χ1n) is 7.26. The van der Waals surface area contributed by atoms with Crippen LogP contribution in [0, 0.1) is 0 Å². The third-order valence-corrected chi connectivity index (χ3v) is 5.13. The summed E-state index contributed by atoms with van der Waals surface area (Å²) in [4.78, 5) is 0. The van der Waals surface area contributed by atoms with Gasteiger partial charge in [-0.2, -0.15) is 11.3 Å². The van der Waals surface area contributed by atoms with Crippen molar-refractivity contribution >= 4 is 11.3 Å². The number of nitrogens with one attached hydrogen (secondary N) is 1. The van der Waals surface area contributed by atoms with E-state index in [2.05, 4.69) is 22.1 Å². The van der Waals surface area contributed by atoms with Gasteiger partial charge in [-0.15, -0.1) is 0 Å². The van der Waals surface area contributed by atoms with Gasteiger partial charge in [0.1, 0.15) is 0 Å². The van der Waals surface area contributed by atoms with Crippen LogP contribution < -0.4 is 5.32 Å². The molecule has 2 aliphatic rings. The van der Waals surface area contributed by atoms with Gasteiger partial charge in [-0.05, 0) is 61.0 Å². The molecule has 0 bridgehead atoms. The maximum atomic E-state index is 6.29. The lowest BCUT2D eigenvalue weighted by molar-refractivity contribution is -0.0349. The highest BCUT2D eigenvalue weighted by molar-refractivity contribution is 7.07. The highest BCUT2D eigenvalue weighted by Gasteiger charge is 2.41. The Morgan fingerprint density at radius 2 is 2.22 bits per heavy atom. The zero-order valence-electron chi connectivity index (χ0n) is 11.0. The van der Waals surface area contributed by atoms with E-state index in [4.69, 9.17) is 4.74 Å². The van der Waals surface area contributed by atoms with Crippen LogP contribution in [0.1, 0.15) is 44.1 Å². The second-order valence-electron chi connectivity index (χ2n) is 5.75. The fourth-order valence-electron chi connectivity index (χ4n) is 3.36. The summed E-state index contributed by atoms with van der Waals surface area (Å²) in [7, 11) is 0. The minimum Gasteiger partial charge on any atom is -0.370 e. The van der Waals surface area contributed by atoms with Crippen molar-refractivity contribution in [2.75, 3.05) is 13.1 Å². The summed E-state index contributed by atoms with van der Waals surface area (Å²) in [6.45, 7) is 2.11. The summed E-state index contributed by atoms with van der Waals surface area (Å²) < 4.78 is 6.29. The third kappa shape index (κ3) is 2.95. The van der Waals surface area contributed by atoms with Gasteiger partial charge in [-0.25, -0.2) is 0 Å². The van der Waals surface area contributed by atoms with Crippen LogP contribution in [-0.2, 0) is 11.2 Å². The molecule has 1 N–H and O–H groups in total. The summed E-state index contributed by atoms with van der Waals surface area (Å²) >= 11 is 1.78. The fraction of sp³-hybridized carbons (Fsp3) is 0.733. The van der Waals surface area contributed by atoms with Crippen molar-refractivity contribution in [3.63, 3.8) is 0 Å². The molecule has 1 saturated heterocycles. The summed E-state index contributed by atoms with van der Waals surface area (Å²) in [5, 5.41) is 7.94. The summed E-state index contributed by atoms with van der Waals surface area (Å²) in [5.41, 5.74) is 1.74. The molecule has 3 rings (SSSR count). The predicted molar refractivity (Wildman–Crippen MR) is 76.2 cm³/mol. The third-order valence-electron chi connectivity index (χ3n) is 4.40. The summed E-state index contributed by atoms with van der Waals surface area (Å²) in [6, 6.07) is 2.21. The van der Waals surface area contributed by atoms with E-state index in [1.807, 2.05) is 0 Å². The molecule has 1 aromatic rings. The molecule has 1 aliphatic heterocycles. The number of rotatable bonds is 5. The Labute approximate surface area is 114 Å². The second-order valence-corrected chi connectivity index (χ2v) is 6.53. The zero-order valence-corrected chi connectivity index (χ0v) is 11.8. The minimum atomic E-state index is 0.291. The van der Waals surface area contributed by atoms with E-state index in [0.29, 0.717) is 11.7 Å². The lowest BCUT2D eigenvalue weighted by Crippen LogP contribution is -2.31. The molecule has 1 aromatic heterocycles. The second kappa shape index (κ2) is 5.72. The average Bonchev–Trinajstić information content (AvgIpc) is 3.10. The molecule has 1 atom stereocenters. The standard InChI is InChI=1S/C15H23NOS/c1-2-7-15(6-1)8-3-14(17-15)11-16-9-4-13-5-10-18-12-13/h5,10,12,14,16H,1-4,6-9,11H2. The lowest BCUT2D eigenvalue weighted by atomic mass is 9.98. The van der Waals surface area contributed by atoms with Crippen LogP contribution in [0.4, 0.5) is 0 Å². The number of hydrogen-bond acceptors (Lipinski definition) is 3. The molecule has 0 amide bonds. The monoisotopic (exact) mass is 265 g/mol. The maximum absolute atomic E-state index is 6.29. The predicted octanol–water partition coefficient (Wildman–Crippen LogP) is 3.37. The quantitative estimate of drug-likeness (QED) is 0.824. The van der Waals surface area contributed by atoms with E-state index in [0.717, 1.165) is 19.5 Å². The van der Waals surface area contributed by atoms with Gasteiger partial charge in [0, 0.05) is 6.54 Å². The molecule has 100 valence electrons. The first kappa shape index (κ1) is 12.6. The van der Waals surface area contributed by atoms with Gasteiger partial charge in [0.15, 0.2) is 0 Å². The number of hydrogen-bond donors (Lipinski definition) is 1. The van der Waals surface area contributed by atoms with Crippen LogP contribution in [-0.4, -0.2) is 24.8 Å². The number of ether oxygens (including phenoxy) is 1. The minimum absolute atomic E-state index is 0.291. The molecule has 1 aliphatic carbocycles. The molecule has 18 heavy (non-hydrogen) atoms. The molecule has 1 spiro atoms. The first-order chi connectivity index (χ1) is 8.86. The van der Waals surface area contributed by atoms with E-state index in [1.54, 1.807) is 11.3 Å². The first-order valence-corrected chi connectivity index (χ1v) is 8.20. The van der Waals surface area contributed by atoms with Crippen LogP contribution in [0.3, 0.4) is 0 Å². The van der Waals surface area contributed by atoms with Crippen LogP contribution >= 0.6 is 11.3 Å². The molecular weight excluding hydrogens is 242 g/mol. The Morgan fingerprint density at radius 3 is 3.00 bits per heavy atom. The Morgan fingerprint density at radius 1 is 1.33 bits per heavy atom. The molecule has 1 saturated carbocycles.